The van der Waals surface area contributed by atoms with Crippen LogP contribution in [0.3, 0.4) is 0 Å². The smallest absolute Gasteiger partial charge is 0.338 e. The minimum atomic E-state index is -0.388. The zero-order valence-corrected chi connectivity index (χ0v) is 13.4. The molecule has 0 atom stereocenters. The molecule has 0 saturated heterocycles. The Morgan fingerprint density at radius 2 is 1.68 bits per heavy atom. The van der Waals surface area contributed by atoms with Crippen molar-refractivity contribution in [2.24, 2.45) is 0 Å². The summed E-state index contributed by atoms with van der Waals surface area (Å²) in [6.45, 7) is 6.35. The number of carbonyl (C=O) groups is 1. The molecule has 6 heteroatoms. The van der Waals surface area contributed by atoms with E-state index in [0.29, 0.717) is 56.7 Å². The Morgan fingerprint density at radius 3 is 2.36 bits per heavy atom. The SMILES string of the molecule is CCOCCOc1cc(C(=O)OCC)ccc1OCCOC. The molecule has 0 aliphatic rings. The van der Waals surface area contributed by atoms with E-state index in [9.17, 15) is 4.79 Å². The van der Waals surface area contributed by atoms with Gasteiger partial charge in [0.05, 0.1) is 25.4 Å². The number of carbonyl (C=O) groups excluding carboxylic acids is 1. The van der Waals surface area contributed by atoms with Crippen LogP contribution < -0.4 is 9.47 Å². The van der Waals surface area contributed by atoms with E-state index in [4.69, 9.17) is 23.7 Å². The molecule has 6 nitrogen and oxygen atoms in total. The average Bonchev–Trinajstić information content (AvgIpc) is 2.53. The summed E-state index contributed by atoms with van der Waals surface area (Å²) in [5.74, 6) is 0.656. The topological polar surface area (TPSA) is 63.2 Å². The number of methoxy groups -OCH3 is 1. The van der Waals surface area contributed by atoms with Gasteiger partial charge in [0, 0.05) is 13.7 Å². The molecule has 0 N–H and O–H groups in total. The fraction of sp³-hybridized carbons (Fsp3) is 0.562. The van der Waals surface area contributed by atoms with Crippen LogP contribution in [0.4, 0.5) is 0 Å². The van der Waals surface area contributed by atoms with Gasteiger partial charge in [0.15, 0.2) is 11.5 Å². The molecule has 0 unspecified atom stereocenters. The summed E-state index contributed by atoms with van der Waals surface area (Å²) in [5, 5.41) is 0. The first-order chi connectivity index (χ1) is 10.7. The van der Waals surface area contributed by atoms with Crippen molar-refractivity contribution >= 4 is 5.97 Å². The van der Waals surface area contributed by atoms with Gasteiger partial charge in [-0.05, 0) is 32.0 Å². The maximum Gasteiger partial charge on any atom is 0.338 e. The minimum Gasteiger partial charge on any atom is -0.487 e. The van der Waals surface area contributed by atoms with Gasteiger partial charge >= 0.3 is 5.97 Å². The van der Waals surface area contributed by atoms with Crippen LogP contribution in [0.1, 0.15) is 24.2 Å². The molecule has 0 aliphatic carbocycles. The number of benzene rings is 1. The van der Waals surface area contributed by atoms with E-state index < -0.39 is 0 Å². The number of hydrogen-bond acceptors (Lipinski definition) is 6. The van der Waals surface area contributed by atoms with Gasteiger partial charge in [-0.25, -0.2) is 4.79 Å². The molecule has 1 aromatic carbocycles. The highest BCUT2D eigenvalue weighted by atomic mass is 16.6. The van der Waals surface area contributed by atoms with Crippen LogP contribution in [0.15, 0.2) is 18.2 Å². The van der Waals surface area contributed by atoms with E-state index in [1.807, 2.05) is 6.92 Å². The summed E-state index contributed by atoms with van der Waals surface area (Å²) < 4.78 is 26.4. The lowest BCUT2D eigenvalue weighted by atomic mass is 10.2. The molecule has 0 spiro atoms. The Kier molecular flexibility index (Phi) is 9.02. The molecule has 0 bridgehead atoms. The zero-order valence-electron chi connectivity index (χ0n) is 13.4. The molecular weight excluding hydrogens is 288 g/mol. The Bertz CT molecular complexity index is 446. The highest BCUT2D eigenvalue weighted by Crippen LogP contribution is 2.28. The van der Waals surface area contributed by atoms with E-state index in [1.54, 1.807) is 32.2 Å². The van der Waals surface area contributed by atoms with E-state index >= 15 is 0 Å². The quantitative estimate of drug-likeness (QED) is 0.461. The molecule has 0 radical (unpaired) electrons. The molecule has 0 heterocycles. The highest BCUT2D eigenvalue weighted by molar-refractivity contribution is 5.90. The third kappa shape index (κ3) is 6.32. The summed E-state index contributed by atoms with van der Waals surface area (Å²) in [5.41, 5.74) is 0.423. The molecule has 0 fully saturated rings. The molecule has 22 heavy (non-hydrogen) atoms. The molecule has 0 aliphatic heterocycles. The van der Waals surface area contributed by atoms with E-state index in [-0.39, 0.29) is 5.97 Å². The first kappa shape index (κ1) is 18.3. The van der Waals surface area contributed by atoms with Crippen LogP contribution in [0.2, 0.25) is 0 Å². The van der Waals surface area contributed by atoms with Crippen molar-refractivity contribution in [3.05, 3.63) is 23.8 Å². The number of esters is 1. The Labute approximate surface area is 131 Å². The van der Waals surface area contributed by atoms with Crippen molar-refractivity contribution in [2.45, 2.75) is 13.8 Å². The van der Waals surface area contributed by atoms with E-state index in [1.165, 1.54) is 0 Å². The van der Waals surface area contributed by atoms with Crippen molar-refractivity contribution in [2.75, 3.05) is 46.8 Å². The Morgan fingerprint density at radius 1 is 0.955 bits per heavy atom. The maximum atomic E-state index is 11.8. The molecule has 1 rings (SSSR count). The summed E-state index contributed by atoms with van der Waals surface area (Å²) in [4.78, 5) is 11.8. The third-order valence-corrected chi connectivity index (χ3v) is 2.69. The van der Waals surface area contributed by atoms with Crippen LogP contribution in [0.5, 0.6) is 11.5 Å². The minimum absolute atomic E-state index is 0.325. The van der Waals surface area contributed by atoms with Gasteiger partial charge in [-0.2, -0.15) is 0 Å². The van der Waals surface area contributed by atoms with Crippen molar-refractivity contribution in [3.63, 3.8) is 0 Å². The summed E-state index contributed by atoms with van der Waals surface area (Å²) in [6, 6.07) is 4.96. The number of ether oxygens (including phenoxy) is 5. The van der Waals surface area contributed by atoms with Crippen LogP contribution in [-0.2, 0) is 14.2 Å². The van der Waals surface area contributed by atoms with Gasteiger partial charge in [0.25, 0.3) is 0 Å². The molecule has 0 amide bonds. The second-order valence-corrected chi connectivity index (χ2v) is 4.27. The lowest BCUT2D eigenvalue weighted by Gasteiger charge is -2.14. The molecule has 0 aromatic heterocycles. The molecule has 124 valence electrons. The van der Waals surface area contributed by atoms with Crippen LogP contribution >= 0.6 is 0 Å². The third-order valence-electron chi connectivity index (χ3n) is 2.69. The van der Waals surface area contributed by atoms with Crippen LogP contribution in [-0.4, -0.2) is 52.7 Å². The lowest BCUT2D eigenvalue weighted by molar-refractivity contribution is 0.0525. The second kappa shape index (κ2) is 10.9. The second-order valence-electron chi connectivity index (χ2n) is 4.27. The first-order valence-electron chi connectivity index (χ1n) is 7.36. The van der Waals surface area contributed by atoms with Crippen molar-refractivity contribution in [3.8, 4) is 11.5 Å². The predicted molar refractivity (Wildman–Crippen MR) is 81.8 cm³/mol. The molecule has 0 saturated carbocycles. The van der Waals surface area contributed by atoms with Gasteiger partial charge in [-0.3, -0.25) is 0 Å². The number of rotatable bonds is 11. The lowest BCUT2D eigenvalue weighted by Crippen LogP contribution is -2.11. The number of hydrogen-bond donors (Lipinski definition) is 0. The monoisotopic (exact) mass is 312 g/mol. The van der Waals surface area contributed by atoms with Gasteiger partial charge in [-0.15, -0.1) is 0 Å². The normalized spacial score (nSPS) is 10.3. The fourth-order valence-electron chi connectivity index (χ4n) is 1.67. The predicted octanol–water partition coefficient (Wildman–Crippen LogP) is 2.30. The van der Waals surface area contributed by atoms with Crippen molar-refractivity contribution < 1.29 is 28.5 Å². The molecule has 1 aromatic rings. The highest BCUT2D eigenvalue weighted by Gasteiger charge is 2.12. The van der Waals surface area contributed by atoms with E-state index in [2.05, 4.69) is 0 Å². The van der Waals surface area contributed by atoms with Crippen molar-refractivity contribution in [1.82, 2.24) is 0 Å². The van der Waals surface area contributed by atoms with Gasteiger partial charge in [-0.1, -0.05) is 0 Å². The van der Waals surface area contributed by atoms with Crippen molar-refractivity contribution in [1.29, 1.82) is 0 Å². The van der Waals surface area contributed by atoms with Crippen LogP contribution in [0.25, 0.3) is 0 Å². The standard InChI is InChI=1S/C16H24O6/c1-4-19-9-11-22-15-12-13(16(17)20-5-2)6-7-14(15)21-10-8-18-3/h6-7,12H,4-5,8-11H2,1-3H3. The van der Waals surface area contributed by atoms with Gasteiger partial charge < -0.3 is 23.7 Å². The van der Waals surface area contributed by atoms with Gasteiger partial charge in [0.2, 0.25) is 0 Å². The Hall–Kier alpha value is -1.79. The summed E-state index contributed by atoms with van der Waals surface area (Å²) in [6.07, 6.45) is 0. The summed E-state index contributed by atoms with van der Waals surface area (Å²) in [7, 11) is 1.60. The summed E-state index contributed by atoms with van der Waals surface area (Å²) >= 11 is 0. The van der Waals surface area contributed by atoms with Crippen LogP contribution in [0, 0.1) is 0 Å². The Balaban J connectivity index is 2.77. The maximum absolute atomic E-state index is 11.8. The molecular formula is C16H24O6. The average molecular weight is 312 g/mol. The first-order valence-corrected chi connectivity index (χ1v) is 7.36. The largest absolute Gasteiger partial charge is 0.487 e. The zero-order chi connectivity index (χ0) is 16.2. The fourth-order valence-corrected chi connectivity index (χ4v) is 1.67. The van der Waals surface area contributed by atoms with Gasteiger partial charge in [0.1, 0.15) is 13.2 Å². The van der Waals surface area contributed by atoms with E-state index in [0.717, 1.165) is 0 Å².